The van der Waals surface area contributed by atoms with Crippen molar-refractivity contribution in [2.75, 3.05) is 13.1 Å². The molecule has 5 heteroatoms. The summed E-state index contributed by atoms with van der Waals surface area (Å²) < 4.78 is 14.3. The van der Waals surface area contributed by atoms with Gasteiger partial charge in [0.2, 0.25) is 0 Å². The van der Waals surface area contributed by atoms with Gasteiger partial charge in [-0.3, -0.25) is 0 Å². The molecule has 1 atom stereocenters. The zero-order valence-corrected chi connectivity index (χ0v) is 14.3. The molecule has 0 radical (unpaired) electrons. The molecule has 1 aliphatic carbocycles. The van der Waals surface area contributed by atoms with Crippen molar-refractivity contribution in [1.29, 1.82) is 0 Å². The van der Waals surface area contributed by atoms with E-state index >= 15 is 0 Å². The first-order chi connectivity index (χ1) is 12.2. The second-order valence-corrected chi connectivity index (χ2v) is 7.09. The smallest absolute Gasteiger partial charge is 0.318 e. The molecule has 4 rings (SSSR count). The van der Waals surface area contributed by atoms with Crippen LogP contribution in [0.2, 0.25) is 0 Å². The number of halogens is 1. The lowest BCUT2D eigenvalue weighted by Gasteiger charge is -2.35. The van der Waals surface area contributed by atoms with Gasteiger partial charge in [-0.1, -0.05) is 24.3 Å². The summed E-state index contributed by atoms with van der Waals surface area (Å²) in [6, 6.07) is 11.6. The van der Waals surface area contributed by atoms with Crippen molar-refractivity contribution in [2.45, 2.75) is 44.3 Å². The standard InChI is InChI=1S/C20H24FN3O/c21-19-11-15-5-2-1-4-14(15)10-16(19)12-23-20(25)24(17-7-8-17)18-6-3-9-22-13-18/h1-2,4-5,10-11,17-18,22H,3,6-9,12-13H2,(H,23,25)/t18-/m1/s1. The van der Waals surface area contributed by atoms with Crippen LogP contribution >= 0.6 is 0 Å². The summed E-state index contributed by atoms with van der Waals surface area (Å²) in [5.74, 6) is -0.267. The molecule has 1 heterocycles. The van der Waals surface area contributed by atoms with Crippen LogP contribution in [0.3, 0.4) is 0 Å². The molecule has 132 valence electrons. The fourth-order valence-corrected chi connectivity index (χ4v) is 3.71. The van der Waals surface area contributed by atoms with Gasteiger partial charge < -0.3 is 15.5 Å². The second kappa shape index (κ2) is 7.00. The highest BCUT2D eigenvalue weighted by Gasteiger charge is 2.37. The van der Waals surface area contributed by atoms with Crippen LogP contribution < -0.4 is 10.6 Å². The van der Waals surface area contributed by atoms with Crippen molar-refractivity contribution < 1.29 is 9.18 Å². The third-order valence-electron chi connectivity index (χ3n) is 5.18. The summed E-state index contributed by atoms with van der Waals surface area (Å²) in [6.07, 6.45) is 4.30. The van der Waals surface area contributed by atoms with Gasteiger partial charge in [-0.15, -0.1) is 0 Å². The minimum Gasteiger partial charge on any atom is -0.334 e. The Balaban J connectivity index is 1.46. The molecular formula is C20H24FN3O. The van der Waals surface area contributed by atoms with Crippen molar-refractivity contribution in [3.63, 3.8) is 0 Å². The lowest BCUT2D eigenvalue weighted by atomic mass is 10.1. The Morgan fingerprint density at radius 2 is 1.92 bits per heavy atom. The molecule has 4 nitrogen and oxygen atoms in total. The van der Waals surface area contributed by atoms with Gasteiger partial charge in [0.05, 0.1) is 0 Å². The highest BCUT2D eigenvalue weighted by Crippen LogP contribution is 2.30. The average Bonchev–Trinajstić information content (AvgIpc) is 3.46. The molecule has 2 N–H and O–H groups in total. The molecule has 0 bridgehead atoms. The predicted molar refractivity (Wildman–Crippen MR) is 96.9 cm³/mol. The van der Waals surface area contributed by atoms with Gasteiger partial charge in [0, 0.05) is 30.7 Å². The van der Waals surface area contributed by atoms with E-state index in [0.29, 0.717) is 11.6 Å². The summed E-state index contributed by atoms with van der Waals surface area (Å²) in [5.41, 5.74) is 0.532. The number of amides is 2. The summed E-state index contributed by atoms with van der Waals surface area (Å²) in [6.45, 7) is 2.10. The van der Waals surface area contributed by atoms with Crippen LogP contribution in [0.25, 0.3) is 10.8 Å². The van der Waals surface area contributed by atoms with Crippen LogP contribution in [0, 0.1) is 5.82 Å². The Morgan fingerprint density at radius 3 is 2.60 bits per heavy atom. The highest BCUT2D eigenvalue weighted by atomic mass is 19.1. The minimum atomic E-state index is -0.267. The zero-order valence-electron chi connectivity index (χ0n) is 14.3. The van der Waals surface area contributed by atoms with Crippen LogP contribution in [-0.2, 0) is 6.54 Å². The van der Waals surface area contributed by atoms with E-state index in [4.69, 9.17) is 0 Å². The van der Waals surface area contributed by atoms with Gasteiger partial charge in [0.15, 0.2) is 0 Å². The molecule has 1 saturated carbocycles. The molecule has 2 aromatic carbocycles. The van der Waals surface area contributed by atoms with Gasteiger partial charge in [-0.05, 0) is 55.1 Å². The Bertz CT molecular complexity index is 769. The number of nitrogens with zero attached hydrogens (tertiary/aromatic N) is 1. The molecular weight excluding hydrogens is 317 g/mol. The number of rotatable bonds is 4. The van der Waals surface area contributed by atoms with Crippen LogP contribution in [0.15, 0.2) is 36.4 Å². The SMILES string of the molecule is O=C(NCc1cc2ccccc2cc1F)N(C1CC1)[C@@H]1CCCNC1. The third kappa shape index (κ3) is 3.61. The predicted octanol–water partition coefficient (Wildman–Crippen LogP) is 3.40. The summed E-state index contributed by atoms with van der Waals surface area (Å²) in [7, 11) is 0. The lowest BCUT2D eigenvalue weighted by Crippen LogP contribution is -2.52. The summed E-state index contributed by atoms with van der Waals surface area (Å²) >= 11 is 0. The third-order valence-corrected chi connectivity index (χ3v) is 5.18. The molecule has 2 amide bonds. The Kier molecular flexibility index (Phi) is 4.57. The lowest BCUT2D eigenvalue weighted by molar-refractivity contribution is 0.155. The maximum atomic E-state index is 14.3. The molecule has 2 fully saturated rings. The number of carbonyl (C=O) groups is 1. The molecule has 1 saturated heterocycles. The van der Waals surface area contributed by atoms with Gasteiger partial charge >= 0.3 is 6.03 Å². The monoisotopic (exact) mass is 341 g/mol. The molecule has 0 aromatic heterocycles. The Morgan fingerprint density at radius 1 is 1.16 bits per heavy atom. The van der Waals surface area contributed by atoms with E-state index in [1.807, 2.05) is 35.2 Å². The number of fused-ring (bicyclic) bond motifs is 1. The normalized spacial score (nSPS) is 20.4. The summed E-state index contributed by atoms with van der Waals surface area (Å²) in [4.78, 5) is 14.7. The first kappa shape index (κ1) is 16.3. The van der Waals surface area contributed by atoms with E-state index in [9.17, 15) is 9.18 Å². The van der Waals surface area contributed by atoms with Gasteiger partial charge in [0.25, 0.3) is 0 Å². The van der Waals surface area contributed by atoms with E-state index in [1.165, 1.54) is 0 Å². The number of carbonyl (C=O) groups excluding carboxylic acids is 1. The highest BCUT2D eigenvalue weighted by molar-refractivity contribution is 5.83. The van der Waals surface area contributed by atoms with E-state index in [2.05, 4.69) is 10.6 Å². The Labute approximate surface area is 147 Å². The van der Waals surface area contributed by atoms with Crippen molar-refractivity contribution in [1.82, 2.24) is 15.5 Å². The number of hydrogen-bond donors (Lipinski definition) is 2. The van der Waals surface area contributed by atoms with Crippen LogP contribution in [0.5, 0.6) is 0 Å². The number of hydrogen-bond acceptors (Lipinski definition) is 2. The van der Waals surface area contributed by atoms with Gasteiger partial charge in [-0.25, -0.2) is 9.18 Å². The maximum absolute atomic E-state index is 14.3. The minimum absolute atomic E-state index is 0.0660. The first-order valence-corrected chi connectivity index (χ1v) is 9.16. The van der Waals surface area contributed by atoms with Crippen molar-refractivity contribution in [3.05, 3.63) is 47.8 Å². The molecule has 1 aliphatic heterocycles. The van der Waals surface area contributed by atoms with E-state index < -0.39 is 0 Å². The van der Waals surface area contributed by atoms with Gasteiger partial charge in [-0.2, -0.15) is 0 Å². The van der Waals surface area contributed by atoms with Crippen molar-refractivity contribution in [3.8, 4) is 0 Å². The van der Waals surface area contributed by atoms with Crippen LogP contribution in [0.1, 0.15) is 31.2 Å². The quantitative estimate of drug-likeness (QED) is 0.895. The fraction of sp³-hybridized carbons (Fsp3) is 0.450. The number of benzene rings is 2. The first-order valence-electron chi connectivity index (χ1n) is 9.16. The molecule has 2 aliphatic rings. The molecule has 0 unspecified atom stereocenters. The average molecular weight is 341 g/mol. The Hall–Kier alpha value is -2.14. The van der Waals surface area contributed by atoms with Gasteiger partial charge in [0.1, 0.15) is 5.82 Å². The van der Waals surface area contributed by atoms with Crippen LogP contribution in [0.4, 0.5) is 9.18 Å². The van der Waals surface area contributed by atoms with Crippen molar-refractivity contribution >= 4 is 16.8 Å². The van der Waals surface area contributed by atoms with E-state index in [0.717, 1.165) is 49.5 Å². The topological polar surface area (TPSA) is 44.4 Å². The molecule has 2 aromatic rings. The fourth-order valence-electron chi connectivity index (χ4n) is 3.71. The summed E-state index contributed by atoms with van der Waals surface area (Å²) in [5, 5.41) is 8.18. The van der Waals surface area contributed by atoms with E-state index in [1.54, 1.807) is 6.07 Å². The molecule has 25 heavy (non-hydrogen) atoms. The maximum Gasteiger partial charge on any atom is 0.318 e. The van der Waals surface area contributed by atoms with Crippen LogP contribution in [-0.4, -0.2) is 36.1 Å². The zero-order chi connectivity index (χ0) is 17.2. The number of nitrogens with one attached hydrogen (secondary N) is 2. The van der Waals surface area contributed by atoms with Crippen molar-refractivity contribution in [2.24, 2.45) is 0 Å². The van der Waals surface area contributed by atoms with E-state index in [-0.39, 0.29) is 24.4 Å². The number of piperidine rings is 1. The second-order valence-electron chi connectivity index (χ2n) is 7.09. The number of urea groups is 1. The molecule has 0 spiro atoms. The largest absolute Gasteiger partial charge is 0.334 e.